The molecule has 0 aliphatic heterocycles. The molecule has 0 aliphatic carbocycles. The summed E-state index contributed by atoms with van der Waals surface area (Å²) < 4.78 is 0. The number of hydrogen-bond acceptors (Lipinski definition) is 1. The summed E-state index contributed by atoms with van der Waals surface area (Å²) in [4.78, 5) is 0. The molecular weight excluding hydrogens is 170 g/mol. The molecule has 1 heteroatoms. The summed E-state index contributed by atoms with van der Waals surface area (Å²) in [6, 6.07) is 8.66. The summed E-state index contributed by atoms with van der Waals surface area (Å²) in [5.41, 5.74) is 8.37. The van der Waals surface area contributed by atoms with Crippen LogP contribution in [-0.2, 0) is 6.42 Å². The highest BCUT2D eigenvalue weighted by Gasteiger charge is 1.96. The molecule has 0 spiro atoms. The molecule has 0 aliphatic rings. The van der Waals surface area contributed by atoms with E-state index in [2.05, 4.69) is 31.2 Å². The van der Waals surface area contributed by atoms with E-state index in [0.717, 1.165) is 6.54 Å². The Kier molecular flexibility index (Phi) is 5.31. The Morgan fingerprint density at radius 1 is 1.00 bits per heavy atom. The van der Waals surface area contributed by atoms with E-state index >= 15 is 0 Å². The van der Waals surface area contributed by atoms with Crippen LogP contribution in [0.2, 0.25) is 0 Å². The van der Waals surface area contributed by atoms with Crippen molar-refractivity contribution >= 4 is 0 Å². The Labute approximate surface area is 87.3 Å². The van der Waals surface area contributed by atoms with E-state index in [1.807, 2.05) is 0 Å². The van der Waals surface area contributed by atoms with Crippen LogP contribution in [0.5, 0.6) is 0 Å². The summed E-state index contributed by atoms with van der Waals surface area (Å²) in [5, 5.41) is 0. The molecule has 0 atom stereocenters. The minimum Gasteiger partial charge on any atom is -0.330 e. The number of aryl methyl sites for hydroxylation is 2. The van der Waals surface area contributed by atoms with Gasteiger partial charge in [0.1, 0.15) is 0 Å². The normalized spacial score (nSPS) is 10.4. The van der Waals surface area contributed by atoms with Crippen LogP contribution in [0.15, 0.2) is 24.3 Å². The van der Waals surface area contributed by atoms with Crippen molar-refractivity contribution in [3.63, 3.8) is 0 Å². The first-order valence-corrected chi connectivity index (χ1v) is 5.59. The molecule has 14 heavy (non-hydrogen) atoms. The first kappa shape index (κ1) is 11.3. The Bertz CT molecular complexity index is 255. The van der Waals surface area contributed by atoms with Crippen LogP contribution in [-0.4, -0.2) is 6.54 Å². The summed E-state index contributed by atoms with van der Waals surface area (Å²) in [7, 11) is 0. The summed E-state index contributed by atoms with van der Waals surface area (Å²) >= 11 is 0. The molecule has 0 radical (unpaired) electrons. The Morgan fingerprint density at radius 2 is 1.71 bits per heavy atom. The molecule has 0 saturated carbocycles. The van der Waals surface area contributed by atoms with Gasteiger partial charge in [-0.05, 0) is 43.9 Å². The molecule has 78 valence electrons. The molecule has 1 aromatic rings. The number of hydrogen-bond donors (Lipinski definition) is 1. The van der Waals surface area contributed by atoms with Crippen molar-refractivity contribution in [2.24, 2.45) is 5.73 Å². The van der Waals surface area contributed by atoms with E-state index in [0.29, 0.717) is 0 Å². The third-order valence-corrected chi connectivity index (χ3v) is 2.66. The second-order valence-electron chi connectivity index (χ2n) is 3.88. The van der Waals surface area contributed by atoms with Gasteiger partial charge in [-0.25, -0.2) is 0 Å². The van der Waals surface area contributed by atoms with Crippen molar-refractivity contribution in [1.82, 2.24) is 0 Å². The van der Waals surface area contributed by atoms with Gasteiger partial charge >= 0.3 is 0 Å². The van der Waals surface area contributed by atoms with Gasteiger partial charge in [0.2, 0.25) is 0 Å². The van der Waals surface area contributed by atoms with Crippen molar-refractivity contribution < 1.29 is 0 Å². The van der Waals surface area contributed by atoms with Crippen molar-refractivity contribution in [3.05, 3.63) is 35.4 Å². The molecule has 0 unspecified atom stereocenters. The van der Waals surface area contributed by atoms with Crippen molar-refractivity contribution in [2.75, 3.05) is 6.54 Å². The Balaban J connectivity index is 2.21. The third kappa shape index (κ3) is 3.93. The minimum absolute atomic E-state index is 0.838. The van der Waals surface area contributed by atoms with E-state index in [-0.39, 0.29) is 0 Å². The highest BCUT2D eigenvalue weighted by atomic mass is 14.5. The third-order valence-electron chi connectivity index (χ3n) is 2.66. The number of nitrogens with two attached hydrogens (primary N) is 1. The van der Waals surface area contributed by atoms with E-state index in [1.54, 1.807) is 0 Å². The lowest BCUT2D eigenvalue weighted by molar-refractivity contribution is 0.646. The monoisotopic (exact) mass is 191 g/mol. The van der Waals surface area contributed by atoms with Gasteiger partial charge in [-0.2, -0.15) is 0 Å². The molecule has 2 N–H and O–H groups in total. The van der Waals surface area contributed by atoms with Gasteiger partial charge < -0.3 is 5.73 Å². The number of rotatable bonds is 6. The van der Waals surface area contributed by atoms with E-state index < -0.39 is 0 Å². The largest absolute Gasteiger partial charge is 0.330 e. The predicted octanol–water partition coefficient (Wildman–Crippen LogP) is 3.06. The maximum atomic E-state index is 5.45. The molecule has 0 amide bonds. The van der Waals surface area contributed by atoms with Crippen LogP contribution in [0.1, 0.15) is 36.8 Å². The average molecular weight is 191 g/mol. The second kappa shape index (κ2) is 6.61. The zero-order valence-electron chi connectivity index (χ0n) is 9.13. The first-order chi connectivity index (χ1) is 6.84. The lowest BCUT2D eigenvalue weighted by Gasteiger charge is -2.04. The zero-order chi connectivity index (χ0) is 10.2. The van der Waals surface area contributed by atoms with E-state index in [4.69, 9.17) is 5.73 Å². The van der Waals surface area contributed by atoms with Crippen LogP contribution in [0.4, 0.5) is 0 Å². The smallest absolute Gasteiger partial charge is 0.00773 e. The lowest BCUT2D eigenvalue weighted by atomic mass is 10.0. The van der Waals surface area contributed by atoms with Crippen LogP contribution in [0, 0.1) is 6.92 Å². The molecule has 1 rings (SSSR count). The molecule has 0 bridgehead atoms. The second-order valence-corrected chi connectivity index (χ2v) is 3.88. The summed E-state index contributed by atoms with van der Waals surface area (Å²) in [5.74, 6) is 0. The van der Waals surface area contributed by atoms with Crippen LogP contribution < -0.4 is 5.73 Å². The first-order valence-electron chi connectivity index (χ1n) is 5.59. The predicted molar refractivity (Wildman–Crippen MR) is 62.4 cm³/mol. The van der Waals surface area contributed by atoms with Crippen molar-refractivity contribution in [1.29, 1.82) is 0 Å². The van der Waals surface area contributed by atoms with Gasteiger partial charge in [-0.15, -0.1) is 0 Å². The maximum absolute atomic E-state index is 5.45. The highest BCUT2D eigenvalue weighted by molar-refractivity contribution is 5.25. The lowest BCUT2D eigenvalue weighted by Crippen LogP contribution is -1.98. The van der Waals surface area contributed by atoms with Gasteiger partial charge in [0.25, 0.3) is 0 Å². The fourth-order valence-electron chi connectivity index (χ4n) is 1.70. The van der Waals surface area contributed by atoms with Gasteiger partial charge in [0.15, 0.2) is 0 Å². The molecule has 0 fully saturated rings. The van der Waals surface area contributed by atoms with Crippen molar-refractivity contribution in [3.8, 4) is 0 Å². The summed E-state index contributed by atoms with van der Waals surface area (Å²) in [6.45, 7) is 3.03. The SMILES string of the molecule is Cc1ccccc1CCCCCCN. The molecule has 1 nitrogen and oxygen atoms in total. The maximum Gasteiger partial charge on any atom is -0.00773 e. The molecule has 1 aromatic carbocycles. The van der Waals surface area contributed by atoms with Crippen molar-refractivity contribution in [2.45, 2.75) is 39.0 Å². The standard InChI is InChI=1S/C13H21N/c1-12-8-5-6-10-13(12)9-4-2-3-7-11-14/h5-6,8,10H,2-4,7,9,11,14H2,1H3. The van der Waals surface area contributed by atoms with Gasteiger partial charge in [-0.3, -0.25) is 0 Å². The highest BCUT2D eigenvalue weighted by Crippen LogP contribution is 2.11. The average Bonchev–Trinajstić information content (AvgIpc) is 2.20. The fourth-order valence-corrected chi connectivity index (χ4v) is 1.70. The number of benzene rings is 1. The molecule has 0 aromatic heterocycles. The van der Waals surface area contributed by atoms with Gasteiger partial charge in [-0.1, -0.05) is 37.1 Å². The Morgan fingerprint density at radius 3 is 2.43 bits per heavy atom. The van der Waals surface area contributed by atoms with Crippen LogP contribution in [0.25, 0.3) is 0 Å². The zero-order valence-corrected chi connectivity index (χ0v) is 9.13. The molecule has 0 heterocycles. The topological polar surface area (TPSA) is 26.0 Å². The number of unbranched alkanes of at least 4 members (excludes halogenated alkanes) is 3. The quantitative estimate of drug-likeness (QED) is 0.687. The fraction of sp³-hybridized carbons (Fsp3) is 0.538. The molecule has 0 saturated heterocycles. The van der Waals surface area contributed by atoms with E-state index in [9.17, 15) is 0 Å². The van der Waals surface area contributed by atoms with Crippen LogP contribution in [0.3, 0.4) is 0 Å². The van der Waals surface area contributed by atoms with Gasteiger partial charge in [0, 0.05) is 0 Å². The Hall–Kier alpha value is -0.820. The molecular formula is C13H21N. The minimum atomic E-state index is 0.838. The van der Waals surface area contributed by atoms with Gasteiger partial charge in [0.05, 0.1) is 0 Å². The summed E-state index contributed by atoms with van der Waals surface area (Å²) in [6.07, 6.45) is 6.28. The van der Waals surface area contributed by atoms with E-state index in [1.165, 1.54) is 43.2 Å². The van der Waals surface area contributed by atoms with Crippen LogP contribution >= 0.6 is 0 Å².